The van der Waals surface area contributed by atoms with Gasteiger partial charge in [-0.1, -0.05) is 25.9 Å². The van der Waals surface area contributed by atoms with Crippen molar-refractivity contribution in [3.8, 4) is 0 Å². The van der Waals surface area contributed by atoms with E-state index >= 15 is 0 Å². The minimum atomic E-state index is -0.283. The van der Waals surface area contributed by atoms with Crippen LogP contribution in [0.3, 0.4) is 0 Å². The van der Waals surface area contributed by atoms with Crippen LogP contribution in [-0.2, 0) is 16.2 Å². The third-order valence-corrected chi connectivity index (χ3v) is 3.08. The first kappa shape index (κ1) is 13.5. The van der Waals surface area contributed by atoms with Crippen LogP contribution in [0.2, 0.25) is 0 Å². The average molecular weight is 265 g/mol. The number of carbonyl (C=O) groups is 1. The Hall–Kier alpha value is -1.92. The number of hydrogen-bond acceptors (Lipinski definition) is 5. The third kappa shape index (κ3) is 2.91. The molecule has 0 spiro atoms. The summed E-state index contributed by atoms with van der Waals surface area (Å²) >= 11 is 0. The van der Waals surface area contributed by atoms with E-state index in [0.29, 0.717) is 24.6 Å². The summed E-state index contributed by atoms with van der Waals surface area (Å²) in [7, 11) is 0. The van der Waals surface area contributed by atoms with E-state index in [2.05, 4.69) is 41.4 Å². The molecule has 0 aromatic carbocycles. The zero-order valence-electron chi connectivity index (χ0n) is 11.7. The minimum Gasteiger partial charge on any atom is -0.391 e. The normalized spacial score (nSPS) is 18.9. The van der Waals surface area contributed by atoms with Gasteiger partial charge in [-0.2, -0.15) is 0 Å². The summed E-state index contributed by atoms with van der Waals surface area (Å²) in [5, 5.41) is 14.2. The van der Waals surface area contributed by atoms with Crippen LogP contribution in [0.5, 0.6) is 0 Å². The molecule has 7 nitrogen and oxygen atoms in total. The molecule has 104 valence electrons. The number of anilines is 1. The SMILES string of the molecule is CCn1cnnc1NC(=O)C1=NOC(C(C)(C)C)C1. The molecule has 7 heteroatoms. The smallest absolute Gasteiger partial charge is 0.275 e. The maximum atomic E-state index is 12.1. The third-order valence-electron chi connectivity index (χ3n) is 3.08. The predicted octanol–water partition coefficient (Wildman–Crippen LogP) is 1.43. The second-order valence-electron chi connectivity index (χ2n) is 5.60. The van der Waals surface area contributed by atoms with E-state index < -0.39 is 0 Å². The molecule has 1 aromatic heterocycles. The lowest BCUT2D eigenvalue weighted by molar-refractivity contribution is -0.110. The molecule has 1 atom stereocenters. The molecule has 0 bridgehead atoms. The monoisotopic (exact) mass is 265 g/mol. The van der Waals surface area contributed by atoms with Crippen LogP contribution in [0.1, 0.15) is 34.1 Å². The van der Waals surface area contributed by atoms with Gasteiger partial charge in [-0.05, 0) is 6.92 Å². The highest BCUT2D eigenvalue weighted by molar-refractivity contribution is 6.43. The van der Waals surface area contributed by atoms with E-state index in [9.17, 15) is 4.79 Å². The Kier molecular flexibility index (Phi) is 3.55. The van der Waals surface area contributed by atoms with Gasteiger partial charge in [0.1, 0.15) is 18.1 Å². The molecule has 19 heavy (non-hydrogen) atoms. The van der Waals surface area contributed by atoms with Crippen molar-refractivity contribution in [2.75, 3.05) is 5.32 Å². The van der Waals surface area contributed by atoms with Gasteiger partial charge >= 0.3 is 0 Å². The number of nitrogens with zero attached hydrogens (tertiary/aromatic N) is 4. The van der Waals surface area contributed by atoms with Crippen molar-refractivity contribution >= 4 is 17.6 Å². The van der Waals surface area contributed by atoms with Crippen LogP contribution < -0.4 is 5.32 Å². The highest BCUT2D eigenvalue weighted by Gasteiger charge is 2.35. The van der Waals surface area contributed by atoms with Gasteiger partial charge in [0.2, 0.25) is 5.95 Å². The van der Waals surface area contributed by atoms with E-state index in [1.165, 1.54) is 0 Å². The average Bonchev–Trinajstić information content (AvgIpc) is 2.95. The molecule has 1 aliphatic heterocycles. The van der Waals surface area contributed by atoms with Crippen molar-refractivity contribution in [3.63, 3.8) is 0 Å². The molecule has 0 saturated heterocycles. The summed E-state index contributed by atoms with van der Waals surface area (Å²) in [6.07, 6.45) is 2.01. The Morgan fingerprint density at radius 2 is 2.32 bits per heavy atom. The van der Waals surface area contributed by atoms with Crippen molar-refractivity contribution < 1.29 is 9.63 Å². The highest BCUT2D eigenvalue weighted by atomic mass is 16.6. The predicted molar refractivity (Wildman–Crippen MR) is 70.7 cm³/mol. The van der Waals surface area contributed by atoms with Gasteiger partial charge in [0, 0.05) is 18.4 Å². The lowest BCUT2D eigenvalue weighted by Gasteiger charge is -2.23. The van der Waals surface area contributed by atoms with E-state index in [-0.39, 0.29) is 17.4 Å². The molecule has 1 aliphatic rings. The second-order valence-corrected chi connectivity index (χ2v) is 5.60. The molecule has 0 saturated carbocycles. The quantitative estimate of drug-likeness (QED) is 0.896. The first-order chi connectivity index (χ1) is 8.91. The van der Waals surface area contributed by atoms with Gasteiger partial charge < -0.3 is 4.84 Å². The maximum absolute atomic E-state index is 12.1. The van der Waals surface area contributed by atoms with Gasteiger partial charge in [0.15, 0.2) is 0 Å². The van der Waals surface area contributed by atoms with Gasteiger partial charge in [-0.3, -0.25) is 14.7 Å². The zero-order chi connectivity index (χ0) is 14.0. The summed E-state index contributed by atoms with van der Waals surface area (Å²) < 4.78 is 1.75. The molecule has 2 heterocycles. The number of amides is 1. The van der Waals surface area contributed by atoms with Gasteiger partial charge in [-0.25, -0.2) is 0 Å². The molecule has 0 radical (unpaired) electrons. The Bertz CT molecular complexity index is 500. The summed E-state index contributed by atoms with van der Waals surface area (Å²) in [5.41, 5.74) is 0.347. The highest BCUT2D eigenvalue weighted by Crippen LogP contribution is 2.29. The van der Waals surface area contributed by atoms with Crippen molar-refractivity contribution in [2.24, 2.45) is 10.6 Å². The summed E-state index contributed by atoms with van der Waals surface area (Å²) in [5.74, 6) is 0.142. The van der Waals surface area contributed by atoms with Crippen molar-refractivity contribution in [1.82, 2.24) is 14.8 Å². The molecular formula is C12H19N5O2. The topological polar surface area (TPSA) is 81.4 Å². The molecule has 2 rings (SSSR count). The zero-order valence-corrected chi connectivity index (χ0v) is 11.7. The first-order valence-electron chi connectivity index (χ1n) is 6.33. The number of rotatable bonds is 3. The number of nitrogens with one attached hydrogen (secondary N) is 1. The Morgan fingerprint density at radius 3 is 2.89 bits per heavy atom. The molecule has 1 N–H and O–H groups in total. The molecule has 1 unspecified atom stereocenters. The van der Waals surface area contributed by atoms with E-state index in [0.717, 1.165) is 0 Å². The number of aryl methyl sites for hydroxylation is 1. The Balaban J connectivity index is 1.99. The molecule has 1 amide bonds. The van der Waals surface area contributed by atoms with Crippen LogP contribution in [-0.4, -0.2) is 32.5 Å². The Morgan fingerprint density at radius 1 is 1.58 bits per heavy atom. The fourth-order valence-corrected chi connectivity index (χ4v) is 1.73. The van der Waals surface area contributed by atoms with Crippen molar-refractivity contribution in [1.29, 1.82) is 0 Å². The number of oxime groups is 1. The number of aromatic nitrogens is 3. The molecular weight excluding hydrogens is 246 g/mol. The first-order valence-corrected chi connectivity index (χ1v) is 6.33. The van der Waals surface area contributed by atoms with Crippen molar-refractivity contribution in [3.05, 3.63) is 6.33 Å². The summed E-state index contributed by atoms with van der Waals surface area (Å²) in [6, 6.07) is 0. The molecule has 0 aliphatic carbocycles. The van der Waals surface area contributed by atoms with Crippen LogP contribution in [0.15, 0.2) is 11.5 Å². The minimum absolute atomic E-state index is 0.0467. The van der Waals surface area contributed by atoms with Crippen LogP contribution >= 0.6 is 0 Å². The van der Waals surface area contributed by atoms with E-state index in [1.807, 2.05) is 6.92 Å². The van der Waals surface area contributed by atoms with Gasteiger partial charge in [0.25, 0.3) is 5.91 Å². The van der Waals surface area contributed by atoms with E-state index in [4.69, 9.17) is 4.84 Å². The number of carbonyl (C=O) groups excluding carboxylic acids is 1. The lowest BCUT2D eigenvalue weighted by Crippen LogP contribution is -2.29. The van der Waals surface area contributed by atoms with Crippen LogP contribution in [0.25, 0.3) is 0 Å². The lowest BCUT2D eigenvalue weighted by atomic mass is 9.86. The fourth-order valence-electron chi connectivity index (χ4n) is 1.73. The van der Waals surface area contributed by atoms with Crippen molar-refractivity contribution in [2.45, 2.75) is 46.8 Å². The van der Waals surface area contributed by atoms with Crippen LogP contribution in [0.4, 0.5) is 5.95 Å². The summed E-state index contributed by atoms with van der Waals surface area (Å²) in [4.78, 5) is 17.4. The standard InChI is InChI=1S/C12H19N5O2/c1-5-17-7-13-15-11(17)14-10(18)8-6-9(19-16-8)12(2,3)4/h7,9H,5-6H2,1-4H3,(H,14,15,18). The number of hydrogen-bond donors (Lipinski definition) is 1. The molecule has 0 fully saturated rings. The van der Waals surface area contributed by atoms with Crippen LogP contribution in [0, 0.1) is 5.41 Å². The van der Waals surface area contributed by atoms with Gasteiger partial charge in [0.05, 0.1) is 0 Å². The maximum Gasteiger partial charge on any atom is 0.275 e. The Labute approximate surface area is 112 Å². The molecule has 1 aromatic rings. The van der Waals surface area contributed by atoms with E-state index in [1.54, 1.807) is 10.9 Å². The summed E-state index contributed by atoms with van der Waals surface area (Å²) in [6.45, 7) is 8.81. The fraction of sp³-hybridized carbons (Fsp3) is 0.667. The second kappa shape index (κ2) is 4.99. The van der Waals surface area contributed by atoms with Gasteiger partial charge in [-0.15, -0.1) is 10.2 Å². The largest absolute Gasteiger partial charge is 0.391 e.